The first-order valence-electron chi connectivity index (χ1n) is 7.66. The standard InChI is InChI=1S/C16H30N4/c1-8-11(3)10-18-14-12(4)13(17-9-2)19-15(20-14)16(5,6)7/h11H,8-10H2,1-7H3,(H2,17,18,19,20). The molecule has 1 aromatic rings. The lowest BCUT2D eigenvalue weighted by molar-refractivity contribution is 0.544. The first kappa shape index (κ1) is 16.7. The molecule has 0 fully saturated rings. The Morgan fingerprint density at radius 1 is 1.05 bits per heavy atom. The summed E-state index contributed by atoms with van der Waals surface area (Å²) in [4.78, 5) is 9.41. The van der Waals surface area contributed by atoms with Gasteiger partial charge in [0.1, 0.15) is 17.5 Å². The van der Waals surface area contributed by atoms with Gasteiger partial charge < -0.3 is 10.6 Å². The fraction of sp³-hybridized carbons (Fsp3) is 0.750. The van der Waals surface area contributed by atoms with Gasteiger partial charge in [0.15, 0.2) is 0 Å². The van der Waals surface area contributed by atoms with Gasteiger partial charge in [0.05, 0.1) is 0 Å². The number of nitrogens with one attached hydrogen (secondary N) is 2. The van der Waals surface area contributed by atoms with E-state index in [-0.39, 0.29) is 5.41 Å². The van der Waals surface area contributed by atoms with Gasteiger partial charge in [0, 0.05) is 24.1 Å². The molecular weight excluding hydrogens is 248 g/mol. The van der Waals surface area contributed by atoms with Crippen molar-refractivity contribution in [3.05, 3.63) is 11.4 Å². The summed E-state index contributed by atoms with van der Waals surface area (Å²) in [6, 6.07) is 0. The van der Waals surface area contributed by atoms with Crippen LogP contribution in [0.2, 0.25) is 0 Å². The van der Waals surface area contributed by atoms with E-state index in [1.807, 2.05) is 0 Å². The van der Waals surface area contributed by atoms with Crippen LogP contribution in [0.1, 0.15) is 59.4 Å². The van der Waals surface area contributed by atoms with Crippen LogP contribution in [-0.2, 0) is 5.41 Å². The number of aromatic nitrogens is 2. The Labute approximate surface area is 123 Å². The van der Waals surface area contributed by atoms with E-state index in [0.29, 0.717) is 5.92 Å². The van der Waals surface area contributed by atoms with Gasteiger partial charge in [-0.25, -0.2) is 9.97 Å². The van der Waals surface area contributed by atoms with Gasteiger partial charge >= 0.3 is 0 Å². The maximum absolute atomic E-state index is 4.73. The Hall–Kier alpha value is -1.32. The molecule has 0 bridgehead atoms. The summed E-state index contributed by atoms with van der Waals surface area (Å²) >= 11 is 0. The Morgan fingerprint density at radius 3 is 2.05 bits per heavy atom. The van der Waals surface area contributed by atoms with Crippen molar-refractivity contribution in [2.75, 3.05) is 23.7 Å². The molecule has 20 heavy (non-hydrogen) atoms. The molecule has 1 aromatic heterocycles. The highest BCUT2D eigenvalue weighted by Crippen LogP contribution is 2.26. The summed E-state index contributed by atoms with van der Waals surface area (Å²) in [5.74, 6) is 3.43. The van der Waals surface area contributed by atoms with Gasteiger partial charge in [0.25, 0.3) is 0 Å². The maximum atomic E-state index is 4.73. The molecule has 1 heterocycles. The van der Waals surface area contributed by atoms with Crippen molar-refractivity contribution in [2.45, 2.75) is 60.3 Å². The molecule has 4 heteroatoms. The van der Waals surface area contributed by atoms with Gasteiger partial charge in [-0.2, -0.15) is 0 Å². The van der Waals surface area contributed by atoms with Crippen LogP contribution in [0.5, 0.6) is 0 Å². The van der Waals surface area contributed by atoms with E-state index >= 15 is 0 Å². The van der Waals surface area contributed by atoms with Crippen LogP contribution in [0.3, 0.4) is 0 Å². The van der Waals surface area contributed by atoms with Crippen LogP contribution in [0.4, 0.5) is 11.6 Å². The molecule has 0 aliphatic heterocycles. The van der Waals surface area contributed by atoms with Crippen LogP contribution in [0.25, 0.3) is 0 Å². The minimum Gasteiger partial charge on any atom is -0.370 e. The van der Waals surface area contributed by atoms with Crippen molar-refractivity contribution < 1.29 is 0 Å². The minimum absolute atomic E-state index is 0.0509. The van der Waals surface area contributed by atoms with E-state index in [9.17, 15) is 0 Å². The maximum Gasteiger partial charge on any atom is 0.138 e. The monoisotopic (exact) mass is 278 g/mol. The lowest BCUT2D eigenvalue weighted by Gasteiger charge is -2.22. The summed E-state index contributed by atoms with van der Waals surface area (Å²) in [6.07, 6.45) is 1.17. The Bertz CT molecular complexity index is 435. The number of hydrogen-bond donors (Lipinski definition) is 2. The third kappa shape index (κ3) is 4.36. The number of hydrogen-bond acceptors (Lipinski definition) is 4. The van der Waals surface area contributed by atoms with Crippen molar-refractivity contribution in [1.29, 1.82) is 0 Å². The lowest BCUT2D eigenvalue weighted by Crippen LogP contribution is -2.21. The smallest absolute Gasteiger partial charge is 0.138 e. The molecule has 114 valence electrons. The Balaban J connectivity index is 3.10. The predicted molar refractivity (Wildman–Crippen MR) is 87.6 cm³/mol. The SMILES string of the molecule is CCNc1nc(C(C)(C)C)nc(NCC(C)CC)c1C. The molecule has 0 amide bonds. The largest absolute Gasteiger partial charge is 0.370 e. The molecule has 0 saturated heterocycles. The lowest BCUT2D eigenvalue weighted by atomic mass is 9.95. The second-order valence-corrected chi connectivity index (χ2v) is 6.54. The van der Waals surface area contributed by atoms with Crippen molar-refractivity contribution in [1.82, 2.24) is 9.97 Å². The number of nitrogens with zero attached hydrogens (tertiary/aromatic N) is 2. The summed E-state index contributed by atoms with van der Waals surface area (Å²) in [6.45, 7) is 16.9. The predicted octanol–water partition coefficient (Wildman–Crippen LogP) is 3.97. The molecule has 1 unspecified atom stereocenters. The molecule has 0 radical (unpaired) electrons. The fourth-order valence-corrected chi connectivity index (χ4v) is 1.78. The second kappa shape index (κ2) is 6.91. The molecule has 0 spiro atoms. The van der Waals surface area contributed by atoms with Crippen LogP contribution >= 0.6 is 0 Å². The first-order valence-corrected chi connectivity index (χ1v) is 7.66. The van der Waals surface area contributed by atoms with E-state index in [1.54, 1.807) is 0 Å². The first-order chi connectivity index (χ1) is 9.29. The minimum atomic E-state index is -0.0509. The highest BCUT2D eigenvalue weighted by Gasteiger charge is 2.21. The van der Waals surface area contributed by atoms with Gasteiger partial charge in [-0.1, -0.05) is 41.0 Å². The van der Waals surface area contributed by atoms with Crippen molar-refractivity contribution in [3.8, 4) is 0 Å². The zero-order valence-corrected chi connectivity index (χ0v) is 14.1. The highest BCUT2D eigenvalue weighted by atomic mass is 15.1. The third-order valence-corrected chi connectivity index (χ3v) is 3.48. The van der Waals surface area contributed by atoms with E-state index in [2.05, 4.69) is 64.1 Å². The third-order valence-electron chi connectivity index (χ3n) is 3.48. The van der Waals surface area contributed by atoms with Crippen molar-refractivity contribution in [2.24, 2.45) is 5.92 Å². The van der Waals surface area contributed by atoms with E-state index in [1.165, 1.54) is 6.42 Å². The quantitative estimate of drug-likeness (QED) is 0.826. The average Bonchev–Trinajstić information content (AvgIpc) is 2.38. The van der Waals surface area contributed by atoms with E-state index in [4.69, 9.17) is 4.98 Å². The van der Waals surface area contributed by atoms with Gasteiger partial charge in [-0.15, -0.1) is 0 Å². The molecule has 1 rings (SSSR count). The Kier molecular flexibility index (Phi) is 5.78. The Morgan fingerprint density at radius 2 is 1.60 bits per heavy atom. The van der Waals surface area contributed by atoms with Crippen LogP contribution in [-0.4, -0.2) is 23.1 Å². The molecule has 0 saturated carbocycles. The normalized spacial score (nSPS) is 13.2. The van der Waals surface area contributed by atoms with Crippen LogP contribution < -0.4 is 10.6 Å². The van der Waals surface area contributed by atoms with E-state index < -0.39 is 0 Å². The number of anilines is 2. The van der Waals surface area contributed by atoms with Gasteiger partial charge in [0.2, 0.25) is 0 Å². The topological polar surface area (TPSA) is 49.8 Å². The molecule has 4 nitrogen and oxygen atoms in total. The summed E-state index contributed by atoms with van der Waals surface area (Å²) in [5, 5.41) is 6.82. The molecule has 1 atom stereocenters. The summed E-state index contributed by atoms with van der Waals surface area (Å²) in [7, 11) is 0. The zero-order valence-electron chi connectivity index (χ0n) is 14.1. The number of rotatable bonds is 6. The van der Waals surface area contributed by atoms with Crippen LogP contribution in [0.15, 0.2) is 0 Å². The average molecular weight is 278 g/mol. The molecular formula is C16H30N4. The molecule has 0 aliphatic rings. The van der Waals surface area contributed by atoms with Crippen molar-refractivity contribution >= 4 is 11.6 Å². The van der Waals surface area contributed by atoms with E-state index in [0.717, 1.165) is 36.1 Å². The van der Waals surface area contributed by atoms with Gasteiger partial charge in [-0.05, 0) is 19.8 Å². The highest BCUT2D eigenvalue weighted by molar-refractivity contribution is 5.57. The second-order valence-electron chi connectivity index (χ2n) is 6.54. The summed E-state index contributed by atoms with van der Waals surface area (Å²) < 4.78 is 0. The molecule has 0 aromatic carbocycles. The molecule has 0 aliphatic carbocycles. The van der Waals surface area contributed by atoms with Crippen molar-refractivity contribution in [3.63, 3.8) is 0 Å². The van der Waals surface area contributed by atoms with Gasteiger partial charge in [-0.3, -0.25) is 0 Å². The zero-order chi connectivity index (χ0) is 15.3. The summed E-state index contributed by atoms with van der Waals surface area (Å²) in [5.41, 5.74) is 1.05. The molecule has 2 N–H and O–H groups in total. The fourth-order valence-electron chi connectivity index (χ4n) is 1.78. The van der Waals surface area contributed by atoms with Crippen LogP contribution in [0, 0.1) is 12.8 Å².